The second kappa shape index (κ2) is 9.03. The van der Waals surface area contributed by atoms with Gasteiger partial charge in [0, 0.05) is 11.1 Å². The van der Waals surface area contributed by atoms with Crippen LogP contribution < -0.4 is 21.0 Å². The van der Waals surface area contributed by atoms with E-state index in [4.69, 9.17) is 21.4 Å². The number of hydrogen-bond acceptors (Lipinski definition) is 5. The van der Waals surface area contributed by atoms with Gasteiger partial charge in [-0.2, -0.15) is 0 Å². The van der Waals surface area contributed by atoms with Crippen LogP contribution in [0.3, 0.4) is 0 Å². The highest BCUT2D eigenvalue weighted by atomic mass is 32.1. The van der Waals surface area contributed by atoms with E-state index >= 15 is 0 Å². The first-order chi connectivity index (χ1) is 15.5. The second-order valence-corrected chi connectivity index (χ2v) is 7.53. The Morgan fingerprint density at radius 1 is 1.00 bits per heavy atom. The third-order valence-electron chi connectivity index (χ3n) is 4.98. The monoisotopic (exact) mass is 444 g/mol. The van der Waals surface area contributed by atoms with Gasteiger partial charge in [-0.3, -0.25) is 10.1 Å². The third-order valence-corrected chi connectivity index (χ3v) is 5.19. The van der Waals surface area contributed by atoms with E-state index in [2.05, 4.69) is 10.6 Å². The molecule has 0 aliphatic rings. The van der Waals surface area contributed by atoms with Gasteiger partial charge in [-0.1, -0.05) is 42.5 Å². The van der Waals surface area contributed by atoms with Gasteiger partial charge in [0.25, 0.3) is 5.91 Å². The van der Waals surface area contributed by atoms with Crippen molar-refractivity contribution in [3.8, 4) is 16.9 Å². The van der Waals surface area contributed by atoms with Gasteiger partial charge < -0.3 is 14.5 Å². The van der Waals surface area contributed by atoms with Crippen molar-refractivity contribution in [1.29, 1.82) is 0 Å². The third kappa shape index (κ3) is 4.38. The van der Waals surface area contributed by atoms with Crippen molar-refractivity contribution in [2.24, 2.45) is 0 Å². The van der Waals surface area contributed by atoms with Crippen LogP contribution in [0.4, 0.5) is 5.69 Å². The lowest BCUT2D eigenvalue weighted by molar-refractivity contribution is 0.0974. The normalized spacial score (nSPS) is 10.6. The Bertz CT molecular complexity index is 1380. The molecule has 0 bridgehead atoms. The molecule has 0 radical (unpaired) electrons. The Morgan fingerprint density at radius 3 is 2.50 bits per heavy atom. The van der Waals surface area contributed by atoms with Crippen LogP contribution in [0.1, 0.15) is 15.9 Å². The number of thiocarbonyl (C=S) groups is 1. The first-order valence-corrected chi connectivity index (χ1v) is 10.3. The largest absolute Gasteiger partial charge is 0.496 e. The van der Waals surface area contributed by atoms with Crippen LogP contribution in [0.5, 0.6) is 5.75 Å². The number of methoxy groups -OCH3 is 1. The van der Waals surface area contributed by atoms with Gasteiger partial charge in [0.05, 0.1) is 18.2 Å². The van der Waals surface area contributed by atoms with Gasteiger partial charge in [-0.15, -0.1) is 0 Å². The number of rotatable bonds is 4. The molecule has 0 fully saturated rings. The average molecular weight is 445 g/mol. The lowest BCUT2D eigenvalue weighted by Gasteiger charge is -2.13. The molecule has 0 atom stereocenters. The summed E-state index contributed by atoms with van der Waals surface area (Å²) in [6.45, 7) is 1.86. The van der Waals surface area contributed by atoms with Gasteiger partial charge in [0.1, 0.15) is 11.3 Å². The van der Waals surface area contributed by atoms with Crippen molar-refractivity contribution in [3.63, 3.8) is 0 Å². The molecule has 0 saturated carbocycles. The van der Waals surface area contributed by atoms with Crippen LogP contribution in [0.2, 0.25) is 0 Å². The summed E-state index contributed by atoms with van der Waals surface area (Å²) in [7, 11) is 1.52. The predicted molar refractivity (Wildman–Crippen MR) is 129 cm³/mol. The molecule has 160 valence electrons. The average Bonchev–Trinajstić information content (AvgIpc) is 2.79. The predicted octanol–water partition coefficient (Wildman–Crippen LogP) is 4.90. The molecular weight excluding hydrogens is 424 g/mol. The SMILES string of the molecule is COc1c(C)cccc1C(=O)NC(=S)Nc1ccc(-c2cc3ccccc3oc2=O)cc1. The Kier molecular flexibility index (Phi) is 6.00. The fraction of sp³-hybridized carbons (Fsp3) is 0.0800. The van der Waals surface area contributed by atoms with Crippen molar-refractivity contribution in [1.82, 2.24) is 5.32 Å². The maximum Gasteiger partial charge on any atom is 0.344 e. The number of nitrogens with one attached hydrogen (secondary N) is 2. The molecule has 1 amide bonds. The van der Waals surface area contributed by atoms with E-state index in [1.54, 1.807) is 42.5 Å². The van der Waals surface area contributed by atoms with Crippen LogP contribution in [0.15, 0.2) is 82.0 Å². The van der Waals surface area contributed by atoms with E-state index in [0.29, 0.717) is 28.1 Å². The van der Waals surface area contributed by atoms with E-state index in [-0.39, 0.29) is 11.0 Å². The molecular formula is C25H20N2O4S. The minimum atomic E-state index is -0.403. The summed E-state index contributed by atoms with van der Waals surface area (Å²) in [6.07, 6.45) is 0. The van der Waals surface area contributed by atoms with E-state index < -0.39 is 5.63 Å². The number of anilines is 1. The number of hydrogen-bond donors (Lipinski definition) is 2. The highest BCUT2D eigenvalue weighted by Crippen LogP contribution is 2.24. The highest BCUT2D eigenvalue weighted by Gasteiger charge is 2.15. The molecule has 7 heteroatoms. The minimum Gasteiger partial charge on any atom is -0.496 e. The summed E-state index contributed by atoms with van der Waals surface area (Å²) in [5, 5.41) is 6.63. The number of amides is 1. The molecule has 0 spiro atoms. The van der Waals surface area contributed by atoms with Crippen LogP contribution in [-0.4, -0.2) is 18.1 Å². The molecule has 0 aliphatic heterocycles. The second-order valence-electron chi connectivity index (χ2n) is 7.13. The summed E-state index contributed by atoms with van der Waals surface area (Å²) in [6, 6.07) is 21.6. The summed E-state index contributed by atoms with van der Waals surface area (Å²) in [4.78, 5) is 25.0. The molecule has 4 aromatic rings. The van der Waals surface area contributed by atoms with E-state index in [1.165, 1.54) is 7.11 Å². The minimum absolute atomic E-state index is 0.150. The van der Waals surface area contributed by atoms with Crippen molar-refractivity contribution >= 4 is 39.9 Å². The molecule has 0 saturated heterocycles. The van der Waals surface area contributed by atoms with Crippen LogP contribution in [0.25, 0.3) is 22.1 Å². The van der Waals surface area contributed by atoms with Gasteiger partial charge in [-0.05, 0) is 60.6 Å². The lowest BCUT2D eigenvalue weighted by Crippen LogP contribution is -2.34. The van der Waals surface area contributed by atoms with E-state index in [1.807, 2.05) is 37.3 Å². The molecule has 2 N–H and O–H groups in total. The molecule has 1 aromatic heterocycles. The number of carbonyl (C=O) groups is 1. The van der Waals surface area contributed by atoms with Crippen molar-refractivity contribution in [2.75, 3.05) is 12.4 Å². The number of aryl methyl sites for hydroxylation is 1. The van der Waals surface area contributed by atoms with E-state index in [9.17, 15) is 9.59 Å². The quantitative estimate of drug-likeness (QED) is 0.344. The zero-order valence-corrected chi connectivity index (χ0v) is 18.3. The maximum atomic E-state index is 12.6. The molecule has 6 nitrogen and oxygen atoms in total. The van der Waals surface area contributed by atoms with Crippen molar-refractivity contribution < 1.29 is 13.9 Å². The molecule has 3 aromatic carbocycles. The Balaban J connectivity index is 1.48. The number of carbonyl (C=O) groups excluding carboxylic acids is 1. The van der Waals surface area contributed by atoms with E-state index in [0.717, 1.165) is 16.5 Å². The summed E-state index contributed by atoms with van der Waals surface area (Å²) in [5.41, 5.74) is 3.25. The Morgan fingerprint density at radius 2 is 1.75 bits per heavy atom. The zero-order chi connectivity index (χ0) is 22.7. The van der Waals surface area contributed by atoms with Crippen molar-refractivity contribution in [3.05, 3.63) is 94.3 Å². The summed E-state index contributed by atoms with van der Waals surface area (Å²) >= 11 is 5.28. The number of fused-ring (bicyclic) bond motifs is 1. The first kappa shape index (κ1) is 21.3. The molecule has 0 unspecified atom stereocenters. The number of para-hydroxylation sites is 2. The Labute approximate surface area is 189 Å². The standard InChI is InChI=1S/C25H20N2O4S/c1-15-6-5-8-19(22(15)30-2)23(28)27-25(32)26-18-12-10-16(11-13-18)20-14-17-7-3-4-9-21(17)31-24(20)29/h3-14H,1-2H3,(H2,26,27,28,32). The molecule has 1 heterocycles. The highest BCUT2D eigenvalue weighted by molar-refractivity contribution is 7.80. The van der Waals surface area contributed by atoms with Gasteiger partial charge in [0.15, 0.2) is 5.11 Å². The topological polar surface area (TPSA) is 80.6 Å². The van der Waals surface area contributed by atoms with Gasteiger partial charge >= 0.3 is 5.63 Å². The molecule has 4 rings (SSSR count). The first-order valence-electron chi connectivity index (χ1n) is 9.85. The van der Waals surface area contributed by atoms with Crippen LogP contribution in [-0.2, 0) is 0 Å². The Hall–Kier alpha value is -3.97. The number of benzene rings is 3. The fourth-order valence-electron chi connectivity index (χ4n) is 3.43. The number of ether oxygens (including phenoxy) is 1. The fourth-order valence-corrected chi connectivity index (χ4v) is 3.64. The smallest absolute Gasteiger partial charge is 0.344 e. The summed E-state index contributed by atoms with van der Waals surface area (Å²) < 4.78 is 10.7. The van der Waals surface area contributed by atoms with Gasteiger partial charge in [-0.25, -0.2) is 4.79 Å². The van der Waals surface area contributed by atoms with Crippen molar-refractivity contribution in [2.45, 2.75) is 6.92 Å². The van der Waals surface area contributed by atoms with Crippen LogP contribution >= 0.6 is 12.2 Å². The van der Waals surface area contributed by atoms with Crippen LogP contribution in [0, 0.1) is 6.92 Å². The summed E-state index contributed by atoms with van der Waals surface area (Å²) in [5.74, 6) is 0.139. The van der Waals surface area contributed by atoms with Gasteiger partial charge in [0.2, 0.25) is 0 Å². The maximum absolute atomic E-state index is 12.6. The lowest BCUT2D eigenvalue weighted by atomic mass is 10.1. The molecule has 32 heavy (non-hydrogen) atoms. The molecule has 0 aliphatic carbocycles. The zero-order valence-electron chi connectivity index (χ0n) is 17.5.